The van der Waals surface area contributed by atoms with Gasteiger partial charge in [-0.1, -0.05) is 5.16 Å². The fraction of sp³-hybridized carbons (Fsp3) is 0.462. The molecule has 5 nitrogen and oxygen atoms in total. The second-order valence-corrected chi connectivity index (χ2v) is 7.07. The molecule has 1 fully saturated rings. The first kappa shape index (κ1) is 14.8. The van der Waals surface area contributed by atoms with E-state index in [1.165, 1.54) is 12.1 Å². The molecule has 1 aliphatic heterocycles. The largest absolute Gasteiger partial charge is 0.393 e. The molecule has 0 radical (unpaired) electrons. The van der Waals surface area contributed by atoms with Crippen LogP contribution in [-0.4, -0.2) is 39.6 Å². The highest BCUT2D eigenvalue weighted by molar-refractivity contribution is 7.90. The van der Waals surface area contributed by atoms with Gasteiger partial charge in [0.05, 0.1) is 29.4 Å². The second-order valence-electron chi connectivity index (χ2n) is 5.05. The lowest BCUT2D eigenvalue weighted by Crippen LogP contribution is -2.48. The Kier molecular flexibility index (Phi) is 3.99. The van der Waals surface area contributed by atoms with E-state index in [-0.39, 0.29) is 11.0 Å². The van der Waals surface area contributed by atoms with Crippen molar-refractivity contribution in [2.24, 2.45) is 5.16 Å². The van der Waals surface area contributed by atoms with E-state index in [2.05, 4.69) is 5.16 Å². The van der Waals surface area contributed by atoms with Gasteiger partial charge in [0, 0.05) is 6.26 Å². The summed E-state index contributed by atoms with van der Waals surface area (Å²) in [4.78, 5) is 6.86. The predicted molar refractivity (Wildman–Crippen MR) is 75.4 cm³/mol. The van der Waals surface area contributed by atoms with Crippen LogP contribution in [0.2, 0.25) is 0 Å². The van der Waals surface area contributed by atoms with E-state index < -0.39 is 15.7 Å². The van der Waals surface area contributed by atoms with Crippen LogP contribution in [0.25, 0.3) is 0 Å². The summed E-state index contributed by atoms with van der Waals surface area (Å²) in [5.74, 6) is -0.545. The number of nitrogens with zero attached hydrogens (tertiary/aromatic N) is 2. The Bertz CT molecular complexity index is 633. The quantitative estimate of drug-likeness (QED) is 0.796. The van der Waals surface area contributed by atoms with Gasteiger partial charge < -0.3 is 9.74 Å². The van der Waals surface area contributed by atoms with E-state index in [1.54, 1.807) is 4.90 Å². The Morgan fingerprint density at radius 3 is 2.50 bits per heavy atom. The van der Waals surface area contributed by atoms with Crippen molar-refractivity contribution in [3.8, 4) is 0 Å². The van der Waals surface area contributed by atoms with Crippen LogP contribution in [0.3, 0.4) is 0 Å². The van der Waals surface area contributed by atoms with Crippen molar-refractivity contribution in [2.75, 3.05) is 24.2 Å². The van der Waals surface area contributed by atoms with Gasteiger partial charge in [0.15, 0.2) is 9.84 Å². The molecule has 0 aliphatic carbocycles. The molecule has 0 spiro atoms. The Hall–Kier alpha value is -1.63. The number of anilines is 1. The molecule has 7 heteroatoms. The zero-order valence-corrected chi connectivity index (χ0v) is 12.4. The third-order valence-electron chi connectivity index (χ3n) is 2.83. The van der Waals surface area contributed by atoms with Gasteiger partial charge in [-0.2, -0.15) is 0 Å². The zero-order chi connectivity index (χ0) is 14.9. The van der Waals surface area contributed by atoms with Crippen LogP contribution in [0.5, 0.6) is 0 Å². The highest BCUT2D eigenvalue weighted by Crippen LogP contribution is 2.25. The highest BCUT2D eigenvalue weighted by Gasteiger charge is 2.26. The number of rotatable bonds is 4. The smallest absolute Gasteiger partial charge is 0.175 e. The van der Waals surface area contributed by atoms with Gasteiger partial charge >= 0.3 is 0 Å². The predicted octanol–water partition coefficient (Wildman–Crippen LogP) is 1.83. The molecule has 0 N–H and O–H groups in total. The minimum atomic E-state index is -3.39. The molecule has 0 aromatic heterocycles. The Balaban J connectivity index is 2.08. The molecule has 110 valence electrons. The lowest BCUT2D eigenvalue weighted by molar-refractivity contribution is 0.0847. The number of hydrogen-bond donors (Lipinski definition) is 0. The second kappa shape index (κ2) is 5.40. The first-order chi connectivity index (χ1) is 9.27. The molecule has 0 saturated carbocycles. The minimum absolute atomic E-state index is 0.0160. The van der Waals surface area contributed by atoms with Gasteiger partial charge in [-0.15, -0.1) is 0 Å². The zero-order valence-electron chi connectivity index (χ0n) is 11.6. The molecule has 1 saturated heterocycles. The molecule has 20 heavy (non-hydrogen) atoms. The Morgan fingerprint density at radius 2 is 2.00 bits per heavy atom. The number of halogens is 1. The molecule has 2 rings (SSSR count). The lowest BCUT2D eigenvalue weighted by atomic mass is 10.1. The summed E-state index contributed by atoms with van der Waals surface area (Å²) >= 11 is 0. The molecule has 1 aromatic carbocycles. The number of benzene rings is 1. The number of hydrogen-bond acceptors (Lipinski definition) is 5. The number of oxime groups is 1. The van der Waals surface area contributed by atoms with Gasteiger partial charge in [-0.3, -0.25) is 0 Å². The van der Waals surface area contributed by atoms with Gasteiger partial charge in [0.2, 0.25) is 0 Å². The first-order valence-electron chi connectivity index (χ1n) is 6.23. The molecule has 0 unspecified atom stereocenters. The molecular weight excluding hydrogens is 283 g/mol. The Morgan fingerprint density at radius 1 is 1.35 bits per heavy atom. The third-order valence-corrected chi connectivity index (χ3v) is 3.94. The molecule has 1 aromatic rings. The van der Waals surface area contributed by atoms with Crippen molar-refractivity contribution in [3.05, 3.63) is 24.0 Å². The van der Waals surface area contributed by atoms with Crippen LogP contribution >= 0.6 is 0 Å². The molecule has 0 bridgehead atoms. The highest BCUT2D eigenvalue weighted by atomic mass is 32.2. The standard InChI is InChI=1S/C13H17FN2O3S/c1-9(2)19-15-10-7-16(8-10)13-5-4-11(6-12(13)14)20(3,17)18/h4-6,9H,7-8H2,1-3H3. The van der Waals surface area contributed by atoms with E-state index >= 15 is 0 Å². The van der Waals surface area contributed by atoms with Gasteiger partial charge in [0.1, 0.15) is 11.9 Å². The molecule has 0 atom stereocenters. The fourth-order valence-corrected chi connectivity index (χ4v) is 2.41. The fourth-order valence-electron chi connectivity index (χ4n) is 1.78. The van der Waals surface area contributed by atoms with Crippen LogP contribution in [0.1, 0.15) is 13.8 Å². The van der Waals surface area contributed by atoms with E-state index in [4.69, 9.17) is 4.84 Å². The molecule has 1 aliphatic rings. The summed E-state index contributed by atoms with van der Waals surface area (Å²) in [5, 5.41) is 3.95. The minimum Gasteiger partial charge on any atom is -0.393 e. The Labute approximate surface area is 117 Å². The van der Waals surface area contributed by atoms with Crippen molar-refractivity contribution in [1.82, 2.24) is 0 Å². The maximum Gasteiger partial charge on any atom is 0.175 e. The average Bonchev–Trinajstić information content (AvgIpc) is 2.26. The van der Waals surface area contributed by atoms with Crippen LogP contribution in [0, 0.1) is 5.82 Å². The van der Waals surface area contributed by atoms with Crippen LogP contribution in [-0.2, 0) is 14.7 Å². The normalized spacial score (nSPS) is 15.2. The van der Waals surface area contributed by atoms with Gasteiger partial charge in [0.25, 0.3) is 0 Å². The van der Waals surface area contributed by atoms with Crippen molar-refractivity contribution in [2.45, 2.75) is 24.8 Å². The maximum atomic E-state index is 13.9. The summed E-state index contributed by atoms with van der Waals surface area (Å²) in [6.07, 6.45) is 1.07. The summed E-state index contributed by atoms with van der Waals surface area (Å²) < 4.78 is 36.6. The summed E-state index contributed by atoms with van der Waals surface area (Å²) in [6.45, 7) is 4.73. The molecular formula is C13H17FN2O3S. The topological polar surface area (TPSA) is 59.0 Å². The monoisotopic (exact) mass is 300 g/mol. The van der Waals surface area contributed by atoms with Gasteiger partial charge in [-0.05, 0) is 32.0 Å². The lowest BCUT2D eigenvalue weighted by Gasteiger charge is -2.34. The van der Waals surface area contributed by atoms with Gasteiger partial charge in [-0.25, -0.2) is 12.8 Å². The van der Waals surface area contributed by atoms with Crippen molar-refractivity contribution in [3.63, 3.8) is 0 Å². The van der Waals surface area contributed by atoms with E-state index in [0.29, 0.717) is 18.8 Å². The summed E-state index contributed by atoms with van der Waals surface area (Å²) in [5.41, 5.74) is 1.21. The van der Waals surface area contributed by atoms with E-state index in [1.807, 2.05) is 13.8 Å². The third kappa shape index (κ3) is 3.27. The van der Waals surface area contributed by atoms with E-state index in [0.717, 1.165) is 18.0 Å². The van der Waals surface area contributed by atoms with Crippen molar-refractivity contribution >= 4 is 21.2 Å². The van der Waals surface area contributed by atoms with Crippen LogP contribution in [0.4, 0.5) is 10.1 Å². The SMILES string of the molecule is CC(C)ON=C1CN(c2ccc(S(C)(=O)=O)cc2F)C1. The van der Waals surface area contributed by atoms with Crippen LogP contribution in [0.15, 0.2) is 28.3 Å². The average molecular weight is 300 g/mol. The maximum absolute atomic E-state index is 13.9. The van der Waals surface area contributed by atoms with Crippen molar-refractivity contribution in [1.29, 1.82) is 0 Å². The first-order valence-corrected chi connectivity index (χ1v) is 8.12. The van der Waals surface area contributed by atoms with Crippen molar-refractivity contribution < 1.29 is 17.6 Å². The molecule has 1 heterocycles. The molecule has 0 amide bonds. The van der Waals surface area contributed by atoms with E-state index in [9.17, 15) is 12.8 Å². The number of sulfone groups is 1. The summed E-state index contributed by atoms with van der Waals surface area (Å²) in [6, 6.07) is 3.93. The van der Waals surface area contributed by atoms with Crippen LogP contribution < -0.4 is 4.90 Å². The summed E-state index contributed by atoms with van der Waals surface area (Å²) in [7, 11) is -3.39.